The molecule has 1 aromatic heterocycles. The Bertz CT molecular complexity index is 775. The van der Waals surface area contributed by atoms with Gasteiger partial charge in [0, 0.05) is 30.9 Å². The van der Waals surface area contributed by atoms with E-state index in [1.54, 1.807) is 6.20 Å². The molecule has 0 unspecified atom stereocenters. The van der Waals surface area contributed by atoms with Gasteiger partial charge in [0.25, 0.3) is 0 Å². The molecule has 5 nitrogen and oxygen atoms in total. The van der Waals surface area contributed by atoms with Crippen LogP contribution in [0, 0.1) is 5.82 Å². The Morgan fingerprint density at radius 2 is 2.19 bits per heavy atom. The van der Waals surface area contributed by atoms with Crippen molar-refractivity contribution in [3.05, 3.63) is 47.0 Å². The van der Waals surface area contributed by atoms with Gasteiger partial charge in [0.1, 0.15) is 5.82 Å². The zero-order valence-corrected chi connectivity index (χ0v) is 12.5. The lowest BCUT2D eigenvalue weighted by Crippen LogP contribution is -2.40. The second-order valence-corrected chi connectivity index (χ2v) is 7.05. The molecule has 0 bridgehead atoms. The van der Waals surface area contributed by atoms with E-state index in [1.807, 2.05) is 10.7 Å². The van der Waals surface area contributed by atoms with Crippen LogP contribution in [0.4, 0.5) is 4.39 Å². The third kappa shape index (κ3) is 2.95. The Kier molecular flexibility index (Phi) is 3.73. The maximum atomic E-state index is 13.1. The number of sulfonamides is 1. The van der Waals surface area contributed by atoms with E-state index in [4.69, 9.17) is 11.6 Å². The van der Waals surface area contributed by atoms with Gasteiger partial charge >= 0.3 is 0 Å². The second-order valence-electron chi connectivity index (χ2n) is 4.93. The SMILES string of the molecule is O=S(=O)(N[C@@H]1CCn2nccc2C1)c1ccc(F)c(Cl)c1. The summed E-state index contributed by atoms with van der Waals surface area (Å²) >= 11 is 5.64. The molecule has 8 heteroatoms. The fourth-order valence-corrected chi connectivity index (χ4v) is 3.94. The highest BCUT2D eigenvalue weighted by Crippen LogP contribution is 2.21. The molecule has 1 aromatic carbocycles. The van der Waals surface area contributed by atoms with E-state index < -0.39 is 15.8 Å². The molecule has 112 valence electrons. The zero-order chi connectivity index (χ0) is 15.0. The van der Waals surface area contributed by atoms with Gasteiger partial charge in [-0.15, -0.1) is 0 Å². The van der Waals surface area contributed by atoms with Crippen LogP contribution in [-0.2, 0) is 23.0 Å². The van der Waals surface area contributed by atoms with Gasteiger partial charge in [0.15, 0.2) is 0 Å². The highest BCUT2D eigenvalue weighted by Gasteiger charge is 2.25. The topological polar surface area (TPSA) is 64.0 Å². The summed E-state index contributed by atoms with van der Waals surface area (Å²) in [4.78, 5) is -0.0343. The number of aromatic nitrogens is 2. The summed E-state index contributed by atoms with van der Waals surface area (Å²) in [7, 11) is -3.72. The van der Waals surface area contributed by atoms with Crippen molar-refractivity contribution in [2.75, 3.05) is 0 Å². The smallest absolute Gasteiger partial charge is 0.240 e. The predicted octanol–water partition coefficient (Wildman–Crippen LogP) is 1.97. The molecule has 0 radical (unpaired) electrons. The second kappa shape index (κ2) is 5.40. The van der Waals surface area contributed by atoms with Crippen LogP contribution in [-0.4, -0.2) is 24.2 Å². The fourth-order valence-electron chi connectivity index (χ4n) is 2.40. The molecule has 3 rings (SSSR count). The molecule has 2 aromatic rings. The van der Waals surface area contributed by atoms with Gasteiger partial charge in [-0.1, -0.05) is 11.6 Å². The molecule has 0 amide bonds. The van der Waals surface area contributed by atoms with E-state index in [1.165, 1.54) is 6.07 Å². The first-order valence-corrected chi connectivity index (χ1v) is 8.30. The van der Waals surface area contributed by atoms with Gasteiger partial charge in [-0.05, 0) is 30.7 Å². The standard InChI is InChI=1S/C13H13ClFN3O2S/c14-12-8-11(1-2-13(12)15)21(19,20)17-9-4-6-18-10(7-9)3-5-16-18/h1-3,5,8-9,17H,4,6-7H2/t9-/m1/s1. The molecule has 21 heavy (non-hydrogen) atoms. The Morgan fingerprint density at radius 3 is 2.95 bits per heavy atom. The molecule has 0 saturated carbocycles. The van der Waals surface area contributed by atoms with Crippen molar-refractivity contribution in [3.8, 4) is 0 Å². The molecule has 2 heterocycles. The highest BCUT2D eigenvalue weighted by molar-refractivity contribution is 7.89. The number of benzene rings is 1. The van der Waals surface area contributed by atoms with Crippen LogP contribution in [0.3, 0.4) is 0 Å². The van der Waals surface area contributed by atoms with Crippen molar-refractivity contribution >= 4 is 21.6 Å². The number of hydrogen-bond acceptors (Lipinski definition) is 3. The molecule has 1 aliphatic rings. The molecule has 1 aliphatic heterocycles. The van der Waals surface area contributed by atoms with E-state index in [9.17, 15) is 12.8 Å². The number of aryl methyl sites for hydroxylation is 1. The van der Waals surface area contributed by atoms with Crippen molar-refractivity contribution in [3.63, 3.8) is 0 Å². The Morgan fingerprint density at radius 1 is 1.38 bits per heavy atom. The molecule has 1 N–H and O–H groups in total. The molecule has 0 aliphatic carbocycles. The van der Waals surface area contributed by atoms with Crippen molar-refractivity contribution in [2.24, 2.45) is 0 Å². The minimum absolute atomic E-state index is 0.0343. The number of halogens is 2. The van der Waals surface area contributed by atoms with Gasteiger partial charge in [-0.3, -0.25) is 4.68 Å². The summed E-state index contributed by atoms with van der Waals surface area (Å²) in [6, 6.07) is 5.04. The summed E-state index contributed by atoms with van der Waals surface area (Å²) in [5.74, 6) is -0.641. The first-order valence-electron chi connectivity index (χ1n) is 6.44. The van der Waals surface area contributed by atoms with Gasteiger partial charge < -0.3 is 0 Å². The first kappa shape index (κ1) is 14.5. The average molecular weight is 330 g/mol. The highest BCUT2D eigenvalue weighted by atomic mass is 35.5. The average Bonchev–Trinajstić information content (AvgIpc) is 2.88. The normalized spacial score (nSPS) is 18.5. The maximum Gasteiger partial charge on any atom is 0.240 e. The molecular weight excluding hydrogens is 317 g/mol. The Balaban J connectivity index is 1.79. The minimum Gasteiger partial charge on any atom is -0.269 e. The fraction of sp³-hybridized carbons (Fsp3) is 0.308. The molecule has 0 spiro atoms. The lowest BCUT2D eigenvalue weighted by atomic mass is 10.1. The Labute approximate surface area is 126 Å². The third-order valence-electron chi connectivity index (χ3n) is 3.47. The van der Waals surface area contributed by atoms with Crippen LogP contribution in [0.15, 0.2) is 35.4 Å². The van der Waals surface area contributed by atoms with E-state index in [0.717, 1.165) is 17.8 Å². The molecular formula is C13H13ClFN3O2S. The molecule has 0 fully saturated rings. The Hall–Kier alpha value is -1.44. The summed E-state index contributed by atoms with van der Waals surface area (Å²) in [6.45, 7) is 0.666. The number of nitrogens with one attached hydrogen (secondary N) is 1. The van der Waals surface area contributed by atoms with Crippen LogP contribution in [0.5, 0.6) is 0 Å². The summed E-state index contributed by atoms with van der Waals surface area (Å²) < 4.78 is 42.2. The number of rotatable bonds is 3. The first-order chi connectivity index (χ1) is 9.95. The zero-order valence-electron chi connectivity index (χ0n) is 11.0. The van der Waals surface area contributed by atoms with Crippen molar-refractivity contribution < 1.29 is 12.8 Å². The van der Waals surface area contributed by atoms with Gasteiger partial charge in [0.2, 0.25) is 10.0 Å². The van der Waals surface area contributed by atoms with Crippen LogP contribution in [0.2, 0.25) is 5.02 Å². The van der Waals surface area contributed by atoms with E-state index >= 15 is 0 Å². The van der Waals surface area contributed by atoms with Crippen LogP contribution < -0.4 is 4.72 Å². The minimum atomic E-state index is -3.72. The molecule has 0 saturated heterocycles. The predicted molar refractivity (Wildman–Crippen MR) is 76.1 cm³/mol. The van der Waals surface area contributed by atoms with Crippen molar-refractivity contribution in [1.29, 1.82) is 0 Å². The van der Waals surface area contributed by atoms with Crippen LogP contribution >= 0.6 is 11.6 Å². The monoisotopic (exact) mass is 329 g/mol. The van der Waals surface area contributed by atoms with Crippen LogP contribution in [0.1, 0.15) is 12.1 Å². The lowest BCUT2D eigenvalue weighted by molar-refractivity contribution is 0.414. The molecule has 1 atom stereocenters. The van der Waals surface area contributed by atoms with Gasteiger partial charge in [-0.2, -0.15) is 5.10 Å². The maximum absolute atomic E-state index is 13.1. The van der Waals surface area contributed by atoms with E-state index in [-0.39, 0.29) is 16.0 Å². The quantitative estimate of drug-likeness (QED) is 0.936. The summed E-state index contributed by atoms with van der Waals surface area (Å²) in [6.07, 6.45) is 2.93. The third-order valence-corrected chi connectivity index (χ3v) is 5.28. The van der Waals surface area contributed by atoms with E-state index in [0.29, 0.717) is 19.4 Å². The number of nitrogens with zero attached hydrogens (tertiary/aromatic N) is 2. The van der Waals surface area contributed by atoms with Crippen molar-refractivity contribution in [1.82, 2.24) is 14.5 Å². The summed E-state index contributed by atoms with van der Waals surface area (Å²) in [5.41, 5.74) is 0.992. The summed E-state index contributed by atoms with van der Waals surface area (Å²) in [5, 5.41) is 3.94. The number of fused-ring (bicyclic) bond motifs is 1. The van der Waals surface area contributed by atoms with Gasteiger partial charge in [0.05, 0.1) is 9.92 Å². The van der Waals surface area contributed by atoms with E-state index in [2.05, 4.69) is 9.82 Å². The lowest BCUT2D eigenvalue weighted by Gasteiger charge is -2.24. The number of hydrogen-bond donors (Lipinski definition) is 1. The van der Waals surface area contributed by atoms with Gasteiger partial charge in [-0.25, -0.2) is 17.5 Å². The van der Waals surface area contributed by atoms with Crippen LogP contribution in [0.25, 0.3) is 0 Å². The largest absolute Gasteiger partial charge is 0.269 e. The van der Waals surface area contributed by atoms with Crippen molar-refractivity contribution in [2.45, 2.75) is 30.3 Å².